The third kappa shape index (κ3) is 7.64. The Morgan fingerprint density at radius 2 is 0.855 bits per heavy atom. The first-order valence-electron chi connectivity index (χ1n) is 31.8. The molecule has 8 aromatic carbocycles. The highest BCUT2D eigenvalue weighted by Gasteiger charge is 2.50. The molecule has 0 saturated carbocycles. The lowest BCUT2D eigenvalue weighted by molar-refractivity contribution is 0.332. The topological polar surface area (TPSA) is 6.48 Å². The summed E-state index contributed by atoms with van der Waals surface area (Å²) in [5.41, 5.74) is 27.2. The van der Waals surface area contributed by atoms with Crippen molar-refractivity contribution < 1.29 is 0 Å². The van der Waals surface area contributed by atoms with Crippen LogP contribution in [0.1, 0.15) is 212 Å². The third-order valence-electron chi connectivity index (χ3n) is 23.1. The fourth-order valence-corrected chi connectivity index (χ4v) is 18.6. The van der Waals surface area contributed by atoms with Crippen molar-refractivity contribution in [3.63, 3.8) is 0 Å². The highest BCUT2D eigenvalue weighted by Crippen LogP contribution is 2.58. The summed E-state index contributed by atoms with van der Waals surface area (Å²) >= 11 is 2.10. The van der Waals surface area contributed by atoms with Crippen molar-refractivity contribution in [3.05, 3.63) is 171 Å². The van der Waals surface area contributed by atoms with Crippen molar-refractivity contribution in [1.29, 1.82) is 0 Å². The van der Waals surface area contributed by atoms with Crippen molar-refractivity contribution in [2.75, 3.05) is 9.80 Å². The van der Waals surface area contributed by atoms with E-state index in [1.165, 1.54) is 169 Å². The molecule has 0 spiro atoms. The van der Waals surface area contributed by atoms with Crippen LogP contribution in [0.5, 0.6) is 0 Å². The van der Waals surface area contributed by atoms with Gasteiger partial charge in [-0.3, -0.25) is 0 Å². The second-order valence-electron chi connectivity index (χ2n) is 32.4. The van der Waals surface area contributed by atoms with E-state index in [9.17, 15) is 0 Å². The molecular formula is C79H87BN2S. The maximum Gasteiger partial charge on any atom is 0.264 e. The van der Waals surface area contributed by atoms with Crippen molar-refractivity contribution in [2.24, 2.45) is 0 Å². The molecule has 0 amide bonds. The number of hydrogen-bond acceptors (Lipinski definition) is 3. The number of aryl methyl sites for hydroxylation is 1. The zero-order valence-electron chi connectivity index (χ0n) is 53.1. The molecule has 0 atom stereocenters. The smallest absolute Gasteiger partial charge is 0.264 e. The molecule has 2 nitrogen and oxygen atoms in total. The molecule has 0 N–H and O–H groups in total. The Hall–Kier alpha value is -6.10. The Morgan fingerprint density at radius 3 is 1.47 bits per heavy atom. The van der Waals surface area contributed by atoms with E-state index >= 15 is 0 Å². The second-order valence-corrected chi connectivity index (χ2v) is 33.5. The van der Waals surface area contributed by atoms with E-state index in [-0.39, 0.29) is 50.0 Å². The molecule has 0 saturated heterocycles. The second kappa shape index (κ2) is 17.1. The largest absolute Gasteiger partial charge is 0.311 e. The number of hydrogen-bond donors (Lipinski definition) is 0. The van der Waals surface area contributed by atoms with Gasteiger partial charge < -0.3 is 9.80 Å². The van der Waals surface area contributed by atoms with Crippen LogP contribution in [-0.4, -0.2) is 6.71 Å². The highest BCUT2D eigenvalue weighted by molar-refractivity contribution is 7.33. The van der Waals surface area contributed by atoms with Crippen molar-refractivity contribution in [3.8, 4) is 11.1 Å². The molecule has 15 rings (SSSR count). The van der Waals surface area contributed by atoms with Gasteiger partial charge in [-0.15, -0.1) is 11.3 Å². The number of benzene rings is 8. The van der Waals surface area contributed by atoms with Gasteiger partial charge in [-0.2, -0.15) is 0 Å². The quantitative estimate of drug-likeness (QED) is 0.129. The fourth-order valence-electron chi connectivity index (χ4n) is 17.3. The molecule has 6 aliphatic rings. The molecule has 0 bridgehead atoms. The number of anilines is 6. The minimum Gasteiger partial charge on any atom is -0.311 e. The van der Waals surface area contributed by atoms with Gasteiger partial charge in [0.05, 0.1) is 11.4 Å². The van der Waals surface area contributed by atoms with Crippen LogP contribution < -0.4 is 25.5 Å². The summed E-state index contributed by atoms with van der Waals surface area (Å²) in [6.07, 6.45) is 9.39. The van der Waals surface area contributed by atoms with E-state index in [4.69, 9.17) is 0 Å². The van der Waals surface area contributed by atoms with E-state index in [0.29, 0.717) is 0 Å². The summed E-state index contributed by atoms with van der Waals surface area (Å²) in [5.74, 6) is 0. The van der Waals surface area contributed by atoms with Crippen LogP contribution in [0.15, 0.2) is 121 Å². The summed E-state index contributed by atoms with van der Waals surface area (Å²) in [6.45, 7) is 42.6. The first kappa shape index (κ1) is 53.6. The van der Waals surface area contributed by atoms with Crippen molar-refractivity contribution >= 4 is 99.5 Å². The molecule has 1 aromatic heterocycles. The average molecular weight is 1110 g/mol. The molecule has 0 fully saturated rings. The van der Waals surface area contributed by atoms with Crippen LogP contribution in [0.2, 0.25) is 0 Å². The van der Waals surface area contributed by atoms with Gasteiger partial charge in [-0.1, -0.05) is 178 Å². The summed E-state index contributed by atoms with van der Waals surface area (Å²) in [4.78, 5) is 5.63. The Labute approximate surface area is 501 Å². The minimum absolute atomic E-state index is 0.00455. The minimum atomic E-state index is -0.0119. The van der Waals surface area contributed by atoms with Crippen LogP contribution in [0.4, 0.5) is 34.1 Å². The van der Waals surface area contributed by atoms with Crippen molar-refractivity contribution in [1.82, 2.24) is 0 Å². The lowest BCUT2D eigenvalue weighted by Crippen LogP contribution is -2.61. The van der Waals surface area contributed by atoms with Crippen LogP contribution >= 0.6 is 11.3 Å². The molecule has 422 valence electrons. The zero-order chi connectivity index (χ0) is 58.2. The molecular weight excluding hydrogens is 1020 g/mol. The van der Waals surface area contributed by atoms with E-state index in [1.54, 1.807) is 5.56 Å². The van der Waals surface area contributed by atoms with Crippen LogP contribution in [-0.2, 0) is 43.3 Å². The predicted octanol–water partition coefficient (Wildman–Crippen LogP) is 20.7. The van der Waals surface area contributed by atoms with E-state index < -0.39 is 0 Å². The van der Waals surface area contributed by atoms with Gasteiger partial charge in [0, 0.05) is 43.2 Å². The predicted molar refractivity (Wildman–Crippen MR) is 362 cm³/mol. The van der Waals surface area contributed by atoms with Gasteiger partial charge in [-0.05, 0) is 244 Å². The summed E-state index contributed by atoms with van der Waals surface area (Å²) < 4.78 is 2.90. The van der Waals surface area contributed by atoms with Crippen molar-refractivity contribution in [2.45, 2.75) is 212 Å². The first-order valence-corrected chi connectivity index (χ1v) is 32.6. The number of nitrogens with zero attached hydrogens (tertiary/aromatic N) is 2. The average Bonchev–Trinajstić information content (AvgIpc) is 2.09. The Balaban J connectivity index is 1.10. The molecule has 3 heterocycles. The van der Waals surface area contributed by atoms with E-state index in [2.05, 4.69) is 260 Å². The molecule has 0 unspecified atom stereocenters. The molecule has 4 aliphatic carbocycles. The summed E-state index contributed by atoms with van der Waals surface area (Å²) in [7, 11) is 0. The SMILES string of the molecule is Cc1cc2c3c(c1)N(c1ccc4c(c1)C(C)(C)CCC4(C)C)c1c(sc4cc5c(cc14)C(C)(C)CCC5(C)C)B3c1cc3c(cc1N2c1cc2c(cc1-c1cccc4c1ccc1ccccc14)C(C)(C)CCC2(C)C)C(C)(C)CCC3(C)C. The lowest BCUT2D eigenvalue weighted by Gasteiger charge is -2.48. The molecule has 4 heteroatoms. The Morgan fingerprint density at radius 1 is 0.361 bits per heavy atom. The summed E-state index contributed by atoms with van der Waals surface area (Å²) in [5, 5.41) is 6.63. The number of rotatable bonds is 3. The van der Waals surface area contributed by atoms with Gasteiger partial charge in [0.15, 0.2) is 0 Å². The summed E-state index contributed by atoms with van der Waals surface area (Å²) in [6, 6.07) is 50.1. The third-order valence-corrected chi connectivity index (χ3v) is 24.3. The maximum atomic E-state index is 2.83. The van der Waals surface area contributed by atoms with E-state index in [0.717, 1.165) is 19.3 Å². The molecule has 83 heavy (non-hydrogen) atoms. The van der Waals surface area contributed by atoms with Gasteiger partial charge in [0.2, 0.25) is 0 Å². The zero-order valence-corrected chi connectivity index (χ0v) is 53.9. The van der Waals surface area contributed by atoms with Gasteiger partial charge in [-0.25, -0.2) is 0 Å². The van der Waals surface area contributed by atoms with Crippen LogP contribution in [0.3, 0.4) is 0 Å². The molecule has 9 aromatic rings. The normalized spacial score (nSPS) is 21.1. The number of thiophene rings is 1. The van der Waals surface area contributed by atoms with Gasteiger partial charge in [0.1, 0.15) is 0 Å². The van der Waals surface area contributed by atoms with Crippen LogP contribution in [0.25, 0.3) is 42.8 Å². The first-order chi connectivity index (χ1) is 39.0. The fraction of sp³-hybridized carbons (Fsp3) is 0.418. The Kier molecular flexibility index (Phi) is 11.0. The van der Waals surface area contributed by atoms with Gasteiger partial charge in [0.25, 0.3) is 6.71 Å². The standard InChI is InChI=1S/C79H87BN2S/c1-46-37-66-69-67(38-46)82(64-43-60-57(74(6,7)31-34-77(60,12)13)40-53(64)51-24-20-23-50-49-22-19-18-21-47(49)25-27-52(50)51)65-44-61-59(76(10,11)33-35-78(61,14)15)42-63(65)80(69)71-70(54-41-58-62(45-68(54)83-71)79(16,17)36-32-75(58,8)9)81(66)48-26-28-55-56(39-48)73(4,5)30-29-72(55,2)3/h18-28,37-45H,29-36H2,1-17H3. The monoisotopic (exact) mass is 1110 g/mol. The number of fused-ring (bicyclic) bond motifs is 13. The lowest BCUT2D eigenvalue weighted by atomic mass is 9.35. The molecule has 2 aliphatic heterocycles. The van der Waals surface area contributed by atoms with E-state index in [1.807, 2.05) is 0 Å². The molecule has 0 radical (unpaired) electrons. The maximum absolute atomic E-state index is 2.83. The van der Waals surface area contributed by atoms with Crippen LogP contribution in [0, 0.1) is 6.92 Å². The Bertz CT molecular complexity index is 4320. The van der Waals surface area contributed by atoms with Gasteiger partial charge >= 0.3 is 0 Å². The highest BCUT2D eigenvalue weighted by atomic mass is 32.1.